The number of benzene rings is 1. The van der Waals surface area contributed by atoms with E-state index in [1.165, 1.54) is 0 Å². The highest BCUT2D eigenvalue weighted by Gasteiger charge is 2.33. The lowest BCUT2D eigenvalue weighted by molar-refractivity contribution is -0.129. The first-order valence-corrected chi connectivity index (χ1v) is 7.88. The molecule has 3 unspecified atom stereocenters. The zero-order chi connectivity index (χ0) is 16.3. The number of ether oxygens (including phenoxy) is 1. The summed E-state index contributed by atoms with van der Waals surface area (Å²) in [6.45, 7) is 1.97. The average molecular weight is 370 g/mol. The summed E-state index contributed by atoms with van der Waals surface area (Å²) in [4.78, 5) is 23.4. The second-order valence-electron chi connectivity index (χ2n) is 5.65. The molecular formula is C15H20BrN3O3. The summed E-state index contributed by atoms with van der Waals surface area (Å²) in [5.74, 6) is -0.756. The second kappa shape index (κ2) is 6.76. The van der Waals surface area contributed by atoms with Crippen molar-refractivity contribution in [2.75, 3.05) is 6.54 Å². The van der Waals surface area contributed by atoms with E-state index in [1.807, 2.05) is 12.1 Å². The van der Waals surface area contributed by atoms with Gasteiger partial charge in [0.05, 0.1) is 6.10 Å². The van der Waals surface area contributed by atoms with Gasteiger partial charge in [-0.1, -0.05) is 28.1 Å². The van der Waals surface area contributed by atoms with Crippen molar-refractivity contribution in [3.8, 4) is 0 Å². The first-order chi connectivity index (χ1) is 10.3. The van der Waals surface area contributed by atoms with E-state index in [9.17, 15) is 9.59 Å². The molecule has 6 nitrogen and oxygen atoms in total. The summed E-state index contributed by atoms with van der Waals surface area (Å²) < 4.78 is 6.39. The van der Waals surface area contributed by atoms with Crippen molar-refractivity contribution in [1.82, 2.24) is 5.32 Å². The van der Waals surface area contributed by atoms with E-state index < -0.39 is 17.6 Å². The number of hydrogen-bond acceptors (Lipinski definition) is 4. The van der Waals surface area contributed by atoms with E-state index in [2.05, 4.69) is 21.2 Å². The van der Waals surface area contributed by atoms with Crippen LogP contribution in [0.2, 0.25) is 0 Å². The Morgan fingerprint density at radius 3 is 2.55 bits per heavy atom. The van der Waals surface area contributed by atoms with Gasteiger partial charge >= 0.3 is 0 Å². The summed E-state index contributed by atoms with van der Waals surface area (Å²) in [5.41, 5.74) is 10.9. The van der Waals surface area contributed by atoms with Crippen molar-refractivity contribution in [3.05, 3.63) is 34.3 Å². The molecule has 0 saturated carbocycles. The summed E-state index contributed by atoms with van der Waals surface area (Å²) in [5, 5.41) is 2.78. The molecule has 22 heavy (non-hydrogen) atoms. The Morgan fingerprint density at radius 1 is 1.36 bits per heavy atom. The number of carbonyl (C=O) groups excluding carboxylic acids is 2. The van der Waals surface area contributed by atoms with Gasteiger partial charge in [-0.25, -0.2) is 0 Å². The fraction of sp³-hybridized carbons (Fsp3) is 0.467. The third-order valence-corrected chi connectivity index (χ3v) is 4.36. The quantitative estimate of drug-likeness (QED) is 0.712. The van der Waals surface area contributed by atoms with Gasteiger partial charge in [0.2, 0.25) is 11.8 Å². The molecule has 2 rings (SSSR count). The minimum absolute atomic E-state index is 0.206. The normalized spacial score (nSPS) is 23.8. The van der Waals surface area contributed by atoms with Gasteiger partial charge in [0.25, 0.3) is 0 Å². The minimum Gasteiger partial charge on any atom is -0.367 e. The van der Waals surface area contributed by atoms with Crippen LogP contribution in [0.1, 0.15) is 25.3 Å². The Morgan fingerprint density at radius 2 is 2.00 bits per heavy atom. The fourth-order valence-corrected chi connectivity index (χ4v) is 2.65. The van der Waals surface area contributed by atoms with E-state index >= 15 is 0 Å². The van der Waals surface area contributed by atoms with E-state index in [-0.39, 0.29) is 12.0 Å². The van der Waals surface area contributed by atoms with Crippen LogP contribution in [0.4, 0.5) is 0 Å². The Bertz CT molecular complexity index is 560. The topological polar surface area (TPSA) is 107 Å². The molecule has 0 spiro atoms. The first kappa shape index (κ1) is 16.9. The average Bonchev–Trinajstić information content (AvgIpc) is 2.94. The number of amides is 2. The molecule has 120 valence electrons. The molecule has 1 aliphatic rings. The molecule has 1 saturated heterocycles. The van der Waals surface area contributed by atoms with Gasteiger partial charge in [-0.05, 0) is 37.5 Å². The van der Waals surface area contributed by atoms with Gasteiger partial charge in [0, 0.05) is 11.0 Å². The molecule has 0 aliphatic carbocycles. The molecule has 1 aliphatic heterocycles. The molecular weight excluding hydrogens is 350 g/mol. The van der Waals surface area contributed by atoms with Crippen molar-refractivity contribution < 1.29 is 14.3 Å². The van der Waals surface area contributed by atoms with Crippen molar-refractivity contribution in [3.63, 3.8) is 0 Å². The first-order valence-electron chi connectivity index (χ1n) is 7.08. The molecule has 7 heteroatoms. The summed E-state index contributed by atoms with van der Waals surface area (Å²) in [7, 11) is 0. The Hall–Kier alpha value is -1.44. The van der Waals surface area contributed by atoms with Gasteiger partial charge in [0.15, 0.2) is 0 Å². The van der Waals surface area contributed by atoms with Crippen LogP contribution in [0.25, 0.3) is 0 Å². The van der Waals surface area contributed by atoms with E-state index in [1.54, 1.807) is 19.1 Å². The van der Waals surface area contributed by atoms with Gasteiger partial charge in [-0.15, -0.1) is 0 Å². The molecule has 0 radical (unpaired) electrons. The highest BCUT2D eigenvalue weighted by atomic mass is 79.9. The number of primary amides is 1. The number of hydrogen-bond donors (Lipinski definition) is 3. The molecule has 0 bridgehead atoms. The zero-order valence-electron chi connectivity index (χ0n) is 12.3. The lowest BCUT2D eigenvalue weighted by Crippen LogP contribution is -2.50. The van der Waals surface area contributed by atoms with Crippen LogP contribution in [0.5, 0.6) is 0 Å². The van der Waals surface area contributed by atoms with Crippen molar-refractivity contribution in [2.24, 2.45) is 11.5 Å². The van der Waals surface area contributed by atoms with E-state index in [0.29, 0.717) is 19.4 Å². The van der Waals surface area contributed by atoms with E-state index in [0.717, 1.165) is 10.0 Å². The second-order valence-corrected chi connectivity index (χ2v) is 6.56. The molecule has 1 aromatic rings. The largest absolute Gasteiger partial charge is 0.367 e. The standard InChI is InChI=1S/C15H20BrN3O3/c1-15(18,9-2-4-10(16)5-3-9)14(21)19-8-11-6-7-12(22-11)13(17)20/h2-5,11-12H,6-8,18H2,1H3,(H2,17,20)(H,19,21). The number of rotatable bonds is 5. The Labute approximate surface area is 137 Å². The van der Waals surface area contributed by atoms with Crippen molar-refractivity contribution >= 4 is 27.7 Å². The van der Waals surface area contributed by atoms with Crippen molar-refractivity contribution in [2.45, 2.75) is 37.5 Å². The predicted octanol–water partition coefficient (Wildman–Crippen LogP) is 0.772. The predicted molar refractivity (Wildman–Crippen MR) is 85.8 cm³/mol. The third kappa shape index (κ3) is 3.85. The van der Waals surface area contributed by atoms with Crippen LogP contribution < -0.4 is 16.8 Å². The van der Waals surface area contributed by atoms with Crippen LogP contribution in [0.3, 0.4) is 0 Å². The van der Waals surface area contributed by atoms with Crippen LogP contribution in [0.15, 0.2) is 28.7 Å². The Kier molecular flexibility index (Phi) is 5.20. The molecule has 1 heterocycles. The lowest BCUT2D eigenvalue weighted by Gasteiger charge is -2.25. The van der Waals surface area contributed by atoms with Crippen LogP contribution in [-0.2, 0) is 19.9 Å². The summed E-state index contributed by atoms with van der Waals surface area (Å²) in [6, 6.07) is 7.29. The van der Waals surface area contributed by atoms with Gasteiger partial charge in [0.1, 0.15) is 11.6 Å². The number of nitrogens with two attached hydrogens (primary N) is 2. The maximum absolute atomic E-state index is 12.3. The molecule has 0 aromatic heterocycles. The summed E-state index contributed by atoms with van der Waals surface area (Å²) >= 11 is 3.35. The minimum atomic E-state index is -1.14. The molecule has 2 amide bonds. The van der Waals surface area contributed by atoms with Gasteiger partial charge in [-0.3, -0.25) is 9.59 Å². The number of nitrogens with one attached hydrogen (secondary N) is 1. The van der Waals surface area contributed by atoms with Crippen LogP contribution in [0, 0.1) is 0 Å². The van der Waals surface area contributed by atoms with Gasteiger partial charge in [-0.2, -0.15) is 0 Å². The number of carbonyl (C=O) groups is 2. The maximum atomic E-state index is 12.3. The van der Waals surface area contributed by atoms with Gasteiger partial charge < -0.3 is 21.5 Å². The fourth-order valence-electron chi connectivity index (χ4n) is 2.38. The van der Waals surface area contributed by atoms with Crippen LogP contribution in [-0.4, -0.2) is 30.6 Å². The third-order valence-electron chi connectivity index (χ3n) is 3.83. The number of halogens is 1. The lowest BCUT2D eigenvalue weighted by atomic mass is 9.92. The Balaban J connectivity index is 1.91. The smallest absolute Gasteiger partial charge is 0.246 e. The zero-order valence-corrected chi connectivity index (χ0v) is 13.9. The van der Waals surface area contributed by atoms with E-state index in [4.69, 9.17) is 16.2 Å². The maximum Gasteiger partial charge on any atom is 0.246 e. The SMILES string of the molecule is CC(N)(C(=O)NCC1CCC(C(N)=O)O1)c1ccc(Br)cc1. The molecule has 1 fully saturated rings. The molecule has 1 aromatic carbocycles. The van der Waals surface area contributed by atoms with Crippen LogP contribution >= 0.6 is 15.9 Å². The highest BCUT2D eigenvalue weighted by molar-refractivity contribution is 9.10. The highest BCUT2D eigenvalue weighted by Crippen LogP contribution is 2.22. The molecule has 3 atom stereocenters. The van der Waals surface area contributed by atoms with Crippen molar-refractivity contribution in [1.29, 1.82) is 0 Å². The monoisotopic (exact) mass is 369 g/mol. The molecule has 5 N–H and O–H groups in total. The summed E-state index contributed by atoms with van der Waals surface area (Å²) in [6.07, 6.45) is 0.510.